The van der Waals surface area contributed by atoms with Crippen molar-refractivity contribution in [3.63, 3.8) is 0 Å². The first kappa shape index (κ1) is 11.8. The topological polar surface area (TPSA) is 61.0 Å². The molecule has 1 aliphatic rings. The van der Waals surface area contributed by atoms with Crippen LogP contribution < -0.4 is 5.32 Å². The van der Waals surface area contributed by atoms with Crippen LogP contribution in [0.15, 0.2) is 42.7 Å². The zero-order valence-corrected chi connectivity index (χ0v) is 10.5. The molecule has 2 N–H and O–H groups in total. The second-order valence-corrected chi connectivity index (χ2v) is 4.62. The normalized spacial score (nSPS) is 18.5. The minimum atomic E-state index is -0.0647. The van der Waals surface area contributed by atoms with Gasteiger partial charge < -0.3 is 15.2 Å². The van der Waals surface area contributed by atoms with Crippen molar-refractivity contribution in [3.05, 3.63) is 48.5 Å². The highest BCUT2D eigenvalue weighted by atomic mass is 16.2. The number of hydrogen-bond acceptors (Lipinski definition) is 2. The maximum atomic E-state index is 12.3. The first-order valence-electron chi connectivity index (χ1n) is 6.46. The lowest BCUT2D eigenvalue weighted by Gasteiger charge is -2.23. The highest BCUT2D eigenvalue weighted by Gasteiger charge is 2.31. The molecule has 0 radical (unpaired) electrons. The molecule has 98 valence electrons. The van der Waals surface area contributed by atoms with E-state index < -0.39 is 0 Å². The summed E-state index contributed by atoms with van der Waals surface area (Å²) in [5.74, 6) is 0.862. The van der Waals surface area contributed by atoms with Crippen molar-refractivity contribution in [2.45, 2.75) is 18.9 Å². The number of carbonyl (C=O) groups excluding carboxylic acids is 1. The molecule has 1 aliphatic heterocycles. The summed E-state index contributed by atoms with van der Waals surface area (Å²) in [6.07, 6.45) is 5.48. The third kappa shape index (κ3) is 2.45. The Morgan fingerprint density at radius 1 is 1.37 bits per heavy atom. The number of rotatable bonds is 2. The van der Waals surface area contributed by atoms with Gasteiger partial charge in [-0.2, -0.15) is 0 Å². The SMILES string of the molecule is O=C(Nc1ccccc1)N1CCC[C@@H]1c1ncc[nH]1. The number of likely N-dealkylation sites (tertiary alicyclic amines) is 1. The highest BCUT2D eigenvalue weighted by Crippen LogP contribution is 2.30. The van der Waals surface area contributed by atoms with Crippen molar-refractivity contribution in [1.29, 1.82) is 0 Å². The van der Waals surface area contributed by atoms with Crippen molar-refractivity contribution >= 4 is 11.7 Å². The third-order valence-electron chi connectivity index (χ3n) is 3.37. The molecule has 0 aliphatic carbocycles. The number of hydrogen-bond donors (Lipinski definition) is 2. The fraction of sp³-hybridized carbons (Fsp3) is 0.286. The number of nitrogens with one attached hydrogen (secondary N) is 2. The summed E-state index contributed by atoms with van der Waals surface area (Å²) < 4.78 is 0. The number of aromatic nitrogens is 2. The lowest BCUT2D eigenvalue weighted by molar-refractivity contribution is 0.205. The van der Waals surface area contributed by atoms with Gasteiger partial charge in [0.1, 0.15) is 5.82 Å². The number of anilines is 1. The molecule has 1 saturated heterocycles. The number of nitrogens with zero attached hydrogens (tertiary/aromatic N) is 2. The Kier molecular flexibility index (Phi) is 3.18. The van der Waals surface area contributed by atoms with Gasteiger partial charge in [-0.25, -0.2) is 9.78 Å². The van der Waals surface area contributed by atoms with Crippen LogP contribution in [-0.2, 0) is 0 Å². The molecular formula is C14H16N4O. The van der Waals surface area contributed by atoms with Crippen molar-refractivity contribution in [2.75, 3.05) is 11.9 Å². The van der Waals surface area contributed by atoms with Gasteiger partial charge in [-0.05, 0) is 25.0 Å². The predicted octanol–water partition coefficient (Wildman–Crippen LogP) is 2.78. The van der Waals surface area contributed by atoms with Crippen LogP contribution in [0.25, 0.3) is 0 Å². The maximum Gasteiger partial charge on any atom is 0.322 e. The molecule has 1 aromatic carbocycles. The second kappa shape index (κ2) is 5.14. The van der Waals surface area contributed by atoms with Gasteiger partial charge in [0.05, 0.1) is 6.04 Å². The molecule has 5 heteroatoms. The van der Waals surface area contributed by atoms with Crippen molar-refractivity contribution in [2.24, 2.45) is 0 Å². The Labute approximate surface area is 111 Å². The van der Waals surface area contributed by atoms with Crippen molar-refractivity contribution < 1.29 is 4.79 Å². The molecule has 2 heterocycles. The molecule has 0 spiro atoms. The molecule has 2 amide bonds. The zero-order valence-electron chi connectivity index (χ0n) is 10.5. The van der Waals surface area contributed by atoms with E-state index >= 15 is 0 Å². The average Bonchev–Trinajstić information content (AvgIpc) is 3.10. The van der Waals surface area contributed by atoms with E-state index in [2.05, 4.69) is 15.3 Å². The van der Waals surface area contributed by atoms with E-state index in [-0.39, 0.29) is 12.1 Å². The number of imidazole rings is 1. The largest absolute Gasteiger partial charge is 0.347 e. The first-order chi connectivity index (χ1) is 9.34. The Morgan fingerprint density at radius 3 is 2.95 bits per heavy atom. The van der Waals surface area contributed by atoms with E-state index in [0.717, 1.165) is 30.9 Å². The van der Waals surface area contributed by atoms with Crippen molar-refractivity contribution in [1.82, 2.24) is 14.9 Å². The minimum absolute atomic E-state index is 0.0544. The molecule has 2 aromatic rings. The molecule has 3 rings (SSSR count). The first-order valence-corrected chi connectivity index (χ1v) is 6.46. The Morgan fingerprint density at radius 2 is 2.21 bits per heavy atom. The van der Waals surface area contributed by atoms with Crippen LogP contribution in [0.3, 0.4) is 0 Å². The van der Waals surface area contributed by atoms with Crippen LogP contribution in [-0.4, -0.2) is 27.4 Å². The summed E-state index contributed by atoms with van der Waals surface area (Å²) in [4.78, 5) is 21.5. The fourth-order valence-electron chi connectivity index (χ4n) is 2.47. The number of carbonyl (C=O) groups is 1. The van der Waals surface area contributed by atoms with Gasteiger partial charge in [-0.15, -0.1) is 0 Å². The van der Waals surface area contributed by atoms with E-state index in [1.54, 1.807) is 12.4 Å². The predicted molar refractivity (Wildman–Crippen MR) is 72.7 cm³/mol. The Balaban J connectivity index is 1.72. The molecule has 1 aromatic heterocycles. The van der Waals surface area contributed by atoms with E-state index in [4.69, 9.17) is 0 Å². The fourth-order valence-corrected chi connectivity index (χ4v) is 2.47. The molecule has 0 bridgehead atoms. The van der Waals surface area contributed by atoms with Crippen LogP contribution in [0.1, 0.15) is 24.7 Å². The summed E-state index contributed by atoms with van der Waals surface area (Å²) in [7, 11) is 0. The summed E-state index contributed by atoms with van der Waals surface area (Å²) in [6, 6.07) is 9.50. The Bertz CT molecular complexity index is 538. The lowest BCUT2D eigenvalue weighted by Crippen LogP contribution is -2.34. The number of para-hydroxylation sites is 1. The smallest absolute Gasteiger partial charge is 0.322 e. The molecule has 0 unspecified atom stereocenters. The highest BCUT2D eigenvalue weighted by molar-refractivity contribution is 5.89. The quantitative estimate of drug-likeness (QED) is 0.868. The number of urea groups is 1. The third-order valence-corrected chi connectivity index (χ3v) is 3.37. The summed E-state index contributed by atoms with van der Waals surface area (Å²) >= 11 is 0. The second-order valence-electron chi connectivity index (χ2n) is 4.62. The maximum absolute atomic E-state index is 12.3. The molecular weight excluding hydrogens is 240 g/mol. The molecule has 19 heavy (non-hydrogen) atoms. The monoisotopic (exact) mass is 256 g/mol. The van der Waals surface area contributed by atoms with Gasteiger partial charge in [0.25, 0.3) is 0 Å². The van der Waals surface area contributed by atoms with E-state index in [9.17, 15) is 4.79 Å². The number of H-pyrrole nitrogens is 1. The van der Waals surface area contributed by atoms with Crippen LogP contribution >= 0.6 is 0 Å². The number of amides is 2. The molecule has 1 atom stereocenters. The molecule has 0 saturated carbocycles. The standard InChI is InChI=1S/C14H16N4O/c19-14(17-11-5-2-1-3-6-11)18-10-4-7-12(18)13-15-8-9-16-13/h1-3,5-6,8-9,12H,4,7,10H2,(H,15,16)(H,17,19)/t12-/m1/s1. The van der Waals surface area contributed by atoms with Crippen LogP contribution in [0.5, 0.6) is 0 Å². The molecule has 1 fully saturated rings. The summed E-state index contributed by atoms with van der Waals surface area (Å²) in [5.41, 5.74) is 0.817. The van der Waals surface area contributed by atoms with E-state index in [0.29, 0.717) is 0 Å². The van der Waals surface area contributed by atoms with Crippen molar-refractivity contribution in [3.8, 4) is 0 Å². The van der Waals surface area contributed by atoms with Gasteiger partial charge >= 0.3 is 6.03 Å². The van der Waals surface area contributed by atoms with Crippen LogP contribution in [0, 0.1) is 0 Å². The van der Waals surface area contributed by atoms with Gasteiger partial charge in [-0.3, -0.25) is 0 Å². The van der Waals surface area contributed by atoms with Gasteiger partial charge in [0.2, 0.25) is 0 Å². The zero-order chi connectivity index (χ0) is 13.1. The van der Waals surface area contributed by atoms with E-state index in [1.807, 2.05) is 35.2 Å². The number of aromatic amines is 1. The average molecular weight is 256 g/mol. The Hall–Kier alpha value is -2.30. The van der Waals surface area contributed by atoms with Crippen LogP contribution in [0.4, 0.5) is 10.5 Å². The minimum Gasteiger partial charge on any atom is -0.347 e. The summed E-state index contributed by atoms with van der Waals surface area (Å²) in [6.45, 7) is 0.768. The summed E-state index contributed by atoms with van der Waals surface area (Å²) in [5, 5.41) is 2.92. The number of benzene rings is 1. The lowest BCUT2D eigenvalue weighted by atomic mass is 10.2. The van der Waals surface area contributed by atoms with E-state index in [1.165, 1.54) is 0 Å². The van der Waals surface area contributed by atoms with Gasteiger partial charge in [0.15, 0.2) is 0 Å². The molecule has 5 nitrogen and oxygen atoms in total. The van der Waals surface area contributed by atoms with Gasteiger partial charge in [-0.1, -0.05) is 18.2 Å². The van der Waals surface area contributed by atoms with Crippen LogP contribution in [0.2, 0.25) is 0 Å². The van der Waals surface area contributed by atoms with Gasteiger partial charge in [0, 0.05) is 24.6 Å².